The topological polar surface area (TPSA) is 79.5 Å². The molecular weight excluding hydrogens is 346 g/mol. The smallest absolute Gasteiger partial charge is 0.267 e. The maximum atomic E-state index is 12.0. The van der Waals surface area contributed by atoms with Crippen LogP contribution in [-0.4, -0.2) is 37.2 Å². The van der Waals surface area contributed by atoms with Crippen LogP contribution in [0.4, 0.5) is 5.69 Å². The molecule has 0 aliphatic rings. The Labute approximate surface area is 149 Å². The summed E-state index contributed by atoms with van der Waals surface area (Å²) in [7, 11) is 1.57. The number of nitrogens with one attached hydrogen (secondary N) is 3. The van der Waals surface area contributed by atoms with Crippen molar-refractivity contribution >= 4 is 46.2 Å². The minimum Gasteiger partial charge on any atom is -0.383 e. The molecule has 2 aromatic rings. The lowest BCUT2D eigenvalue weighted by molar-refractivity contribution is 0.0935. The molecule has 6 nitrogen and oxygen atoms in total. The Bertz CT molecular complexity index is 717. The standard InChI is InChI=1S/C16H17N3O3S2/c1-22-8-7-17-14(20)11-4-2-5-12(10-11)18-16(23)19-15(21)13-6-3-9-24-13/h2-6,9-10H,7-8H2,1H3,(H,17,20)(H2,18,19,21,23). The normalized spacial score (nSPS) is 10.0. The number of rotatable bonds is 6. The summed E-state index contributed by atoms with van der Waals surface area (Å²) in [5.41, 5.74) is 1.11. The molecule has 1 heterocycles. The largest absolute Gasteiger partial charge is 0.383 e. The van der Waals surface area contributed by atoms with Gasteiger partial charge in [-0.15, -0.1) is 11.3 Å². The quantitative estimate of drug-likeness (QED) is 0.542. The first-order valence-electron chi connectivity index (χ1n) is 7.13. The van der Waals surface area contributed by atoms with E-state index in [0.29, 0.717) is 29.3 Å². The second-order valence-corrected chi connectivity index (χ2v) is 6.07. The average molecular weight is 363 g/mol. The minimum atomic E-state index is -0.268. The number of carbonyl (C=O) groups is 2. The van der Waals surface area contributed by atoms with Crippen LogP contribution in [0.3, 0.4) is 0 Å². The van der Waals surface area contributed by atoms with Gasteiger partial charge >= 0.3 is 0 Å². The third kappa shape index (κ3) is 5.41. The molecule has 0 saturated carbocycles. The van der Waals surface area contributed by atoms with Crippen LogP contribution < -0.4 is 16.0 Å². The van der Waals surface area contributed by atoms with Crippen LogP contribution in [0.5, 0.6) is 0 Å². The lowest BCUT2D eigenvalue weighted by Gasteiger charge is -2.10. The number of methoxy groups -OCH3 is 1. The Balaban J connectivity index is 1.92. The molecule has 0 saturated heterocycles. The van der Waals surface area contributed by atoms with Crippen LogP contribution in [0.15, 0.2) is 41.8 Å². The highest BCUT2D eigenvalue weighted by Crippen LogP contribution is 2.11. The molecular formula is C16H17N3O3S2. The number of anilines is 1. The van der Waals surface area contributed by atoms with Crippen LogP contribution in [0.1, 0.15) is 20.0 Å². The van der Waals surface area contributed by atoms with E-state index in [1.807, 2.05) is 5.38 Å². The number of hydrogen-bond donors (Lipinski definition) is 3. The molecule has 0 aliphatic carbocycles. The van der Waals surface area contributed by atoms with E-state index in [1.54, 1.807) is 43.5 Å². The highest BCUT2D eigenvalue weighted by molar-refractivity contribution is 7.80. The van der Waals surface area contributed by atoms with Gasteiger partial charge in [0.2, 0.25) is 0 Å². The van der Waals surface area contributed by atoms with Gasteiger partial charge in [-0.05, 0) is 41.9 Å². The van der Waals surface area contributed by atoms with Crippen molar-refractivity contribution in [2.24, 2.45) is 0 Å². The van der Waals surface area contributed by atoms with Crippen molar-refractivity contribution in [3.05, 3.63) is 52.2 Å². The first kappa shape index (κ1) is 18.1. The van der Waals surface area contributed by atoms with Gasteiger partial charge < -0.3 is 15.4 Å². The van der Waals surface area contributed by atoms with E-state index in [-0.39, 0.29) is 16.9 Å². The van der Waals surface area contributed by atoms with Crippen molar-refractivity contribution in [2.45, 2.75) is 0 Å². The zero-order valence-corrected chi connectivity index (χ0v) is 14.6. The van der Waals surface area contributed by atoms with Crippen molar-refractivity contribution in [1.82, 2.24) is 10.6 Å². The van der Waals surface area contributed by atoms with Gasteiger partial charge in [0.1, 0.15) is 0 Å². The van der Waals surface area contributed by atoms with Gasteiger partial charge in [-0.1, -0.05) is 12.1 Å². The molecule has 0 aliphatic heterocycles. The molecule has 0 unspecified atom stereocenters. The number of benzene rings is 1. The summed E-state index contributed by atoms with van der Waals surface area (Å²) < 4.78 is 4.89. The van der Waals surface area contributed by atoms with Gasteiger partial charge in [0.25, 0.3) is 11.8 Å². The lowest BCUT2D eigenvalue weighted by Crippen LogP contribution is -2.33. The summed E-state index contributed by atoms with van der Waals surface area (Å²) in [5.74, 6) is -0.472. The predicted molar refractivity (Wildman–Crippen MR) is 98.7 cm³/mol. The number of thiocarbonyl (C=S) groups is 1. The molecule has 1 aromatic carbocycles. The predicted octanol–water partition coefficient (Wildman–Crippen LogP) is 2.25. The number of amides is 2. The summed E-state index contributed by atoms with van der Waals surface area (Å²) in [6, 6.07) is 10.4. The summed E-state index contributed by atoms with van der Waals surface area (Å²) in [4.78, 5) is 24.5. The molecule has 1 aromatic heterocycles. The molecule has 2 rings (SSSR count). The summed E-state index contributed by atoms with van der Waals surface area (Å²) in [5, 5.41) is 10.2. The first-order valence-corrected chi connectivity index (χ1v) is 8.42. The van der Waals surface area contributed by atoms with Crippen molar-refractivity contribution in [2.75, 3.05) is 25.6 Å². The fraction of sp³-hybridized carbons (Fsp3) is 0.188. The summed E-state index contributed by atoms with van der Waals surface area (Å²) >= 11 is 6.46. The Hall–Kier alpha value is -2.29. The van der Waals surface area contributed by atoms with E-state index in [1.165, 1.54) is 11.3 Å². The number of carbonyl (C=O) groups excluding carboxylic acids is 2. The SMILES string of the molecule is COCCNC(=O)c1cccc(NC(=S)NC(=O)c2cccs2)c1. The molecule has 0 bridgehead atoms. The maximum absolute atomic E-state index is 12.0. The summed E-state index contributed by atoms with van der Waals surface area (Å²) in [6.45, 7) is 0.880. The van der Waals surface area contributed by atoms with Gasteiger partial charge in [-0.3, -0.25) is 14.9 Å². The second kappa shape index (κ2) is 9.11. The van der Waals surface area contributed by atoms with E-state index >= 15 is 0 Å². The fourth-order valence-corrected chi connectivity index (χ4v) is 2.67. The third-order valence-corrected chi connectivity index (χ3v) is 4.02. The van der Waals surface area contributed by atoms with E-state index in [0.717, 1.165) is 0 Å². The number of thiophene rings is 1. The average Bonchev–Trinajstić information content (AvgIpc) is 3.09. The molecule has 0 spiro atoms. The molecule has 126 valence electrons. The molecule has 0 fully saturated rings. The van der Waals surface area contributed by atoms with Crippen LogP contribution >= 0.6 is 23.6 Å². The zero-order valence-electron chi connectivity index (χ0n) is 13.0. The Kier molecular flexibility index (Phi) is 6.86. The van der Waals surface area contributed by atoms with E-state index in [2.05, 4.69) is 16.0 Å². The van der Waals surface area contributed by atoms with Gasteiger partial charge in [-0.25, -0.2) is 0 Å². The monoisotopic (exact) mass is 363 g/mol. The highest BCUT2D eigenvalue weighted by atomic mass is 32.1. The summed E-state index contributed by atoms with van der Waals surface area (Å²) in [6.07, 6.45) is 0. The van der Waals surface area contributed by atoms with E-state index < -0.39 is 0 Å². The Morgan fingerprint density at radius 1 is 1.21 bits per heavy atom. The molecule has 0 radical (unpaired) electrons. The minimum absolute atomic E-state index is 0.172. The van der Waals surface area contributed by atoms with Crippen LogP contribution in [-0.2, 0) is 4.74 Å². The Morgan fingerprint density at radius 3 is 2.75 bits per heavy atom. The molecule has 8 heteroatoms. The molecule has 0 atom stereocenters. The van der Waals surface area contributed by atoms with E-state index in [4.69, 9.17) is 17.0 Å². The van der Waals surface area contributed by atoms with Gasteiger partial charge in [0.05, 0.1) is 11.5 Å². The van der Waals surface area contributed by atoms with Crippen LogP contribution in [0.25, 0.3) is 0 Å². The van der Waals surface area contributed by atoms with Crippen molar-refractivity contribution in [3.8, 4) is 0 Å². The van der Waals surface area contributed by atoms with Gasteiger partial charge in [0.15, 0.2) is 5.11 Å². The van der Waals surface area contributed by atoms with Gasteiger partial charge in [0, 0.05) is 24.9 Å². The van der Waals surface area contributed by atoms with Crippen molar-refractivity contribution < 1.29 is 14.3 Å². The second-order valence-electron chi connectivity index (χ2n) is 4.72. The number of ether oxygens (including phenoxy) is 1. The van der Waals surface area contributed by atoms with Crippen LogP contribution in [0, 0.1) is 0 Å². The zero-order chi connectivity index (χ0) is 17.4. The lowest BCUT2D eigenvalue weighted by atomic mass is 10.2. The van der Waals surface area contributed by atoms with Gasteiger partial charge in [-0.2, -0.15) is 0 Å². The highest BCUT2D eigenvalue weighted by Gasteiger charge is 2.10. The number of hydrogen-bond acceptors (Lipinski definition) is 5. The molecule has 3 N–H and O–H groups in total. The molecule has 24 heavy (non-hydrogen) atoms. The van der Waals surface area contributed by atoms with Crippen LogP contribution in [0.2, 0.25) is 0 Å². The first-order chi connectivity index (χ1) is 11.6. The van der Waals surface area contributed by atoms with Crippen molar-refractivity contribution in [1.29, 1.82) is 0 Å². The van der Waals surface area contributed by atoms with E-state index in [9.17, 15) is 9.59 Å². The maximum Gasteiger partial charge on any atom is 0.267 e. The fourth-order valence-electron chi connectivity index (χ4n) is 1.84. The Morgan fingerprint density at radius 2 is 2.04 bits per heavy atom. The van der Waals surface area contributed by atoms with Crippen molar-refractivity contribution in [3.63, 3.8) is 0 Å². The molecule has 2 amide bonds. The third-order valence-electron chi connectivity index (χ3n) is 2.95.